The summed E-state index contributed by atoms with van der Waals surface area (Å²) in [5, 5.41) is 3.58. The van der Waals surface area contributed by atoms with E-state index >= 15 is 0 Å². The fraction of sp³-hybridized carbons (Fsp3) is 0.462. The molecule has 2 rings (SSSR count). The molecule has 1 N–H and O–H groups in total. The van der Waals surface area contributed by atoms with Crippen molar-refractivity contribution in [3.8, 4) is 0 Å². The number of hydrogen-bond acceptors (Lipinski definition) is 3. The molecule has 2 aromatic rings. The minimum absolute atomic E-state index is 0.257. The van der Waals surface area contributed by atoms with Crippen LogP contribution in [0.5, 0.6) is 0 Å². The first kappa shape index (κ1) is 12.3. The van der Waals surface area contributed by atoms with E-state index in [1.54, 1.807) is 0 Å². The largest absolute Gasteiger partial charge is 0.337 e. The van der Waals surface area contributed by atoms with E-state index in [1.807, 2.05) is 30.8 Å². The molecule has 0 aliphatic heterocycles. The Morgan fingerprint density at radius 1 is 1.29 bits per heavy atom. The van der Waals surface area contributed by atoms with E-state index in [2.05, 4.69) is 47.8 Å². The zero-order valence-electron chi connectivity index (χ0n) is 10.8. The number of imidazole rings is 1. The molecule has 4 heteroatoms. The van der Waals surface area contributed by atoms with Crippen molar-refractivity contribution in [1.29, 1.82) is 0 Å². The van der Waals surface area contributed by atoms with Crippen molar-refractivity contribution in [2.24, 2.45) is 7.05 Å². The van der Waals surface area contributed by atoms with Crippen molar-refractivity contribution in [3.63, 3.8) is 0 Å². The van der Waals surface area contributed by atoms with Gasteiger partial charge in [-0.15, -0.1) is 11.3 Å². The third kappa shape index (κ3) is 2.76. The van der Waals surface area contributed by atoms with Gasteiger partial charge in [0.1, 0.15) is 5.82 Å². The Morgan fingerprint density at radius 3 is 2.59 bits per heavy atom. The molecule has 0 spiro atoms. The number of rotatable bonds is 4. The van der Waals surface area contributed by atoms with Gasteiger partial charge in [-0.25, -0.2) is 4.98 Å². The van der Waals surface area contributed by atoms with Crippen molar-refractivity contribution in [2.75, 3.05) is 0 Å². The van der Waals surface area contributed by atoms with E-state index in [0.29, 0.717) is 6.04 Å². The average Bonchev–Trinajstić information content (AvgIpc) is 2.86. The molecule has 0 saturated heterocycles. The highest BCUT2D eigenvalue weighted by atomic mass is 32.1. The lowest BCUT2D eigenvalue weighted by Gasteiger charge is -2.18. The van der Waals surface area contributed by atoms with Crippen LogP contribution in [-0.4, -0.2) is 9.55 Å². The predicted molar refractivity (Wildman–Crippen MR) is 72.2 cm³/mol. The Morgan fingerprint density at radius 2 is 2.06 bits per heavy atom. The monoisotopic (exact) mass is 249 g/mol. The van der Waals surface area contributed by atoms with Gasteiger partial charge in [0, 0.05) is 35.2 Å². The molecule has 0 bridgehead atoms. The zero-order chi connectivity index (χ0) is 12.4. The molecule has 17 heavy (non-hydrogen) atoms. The SMILES string of the molecule is Cc1ccc(C(C)NC(C)c2nccn2C)s1. The summed E-state index contributed by atoms with van der Waals surface area (Å²) in [6.45, 7) is 6.49. The summed E-state index contributed by atoms with van der Waals surface area (Å²) in [6, 6.07) is 4.99. The van der Waals surface area contributed by atoms with E-state index in [4.69, 9.17) is 0 Å². The minimum atomic E-state index is 0.257. The first-order chi connectivity index (χ1) is 8.08. The Labute approximate surface area is 107 Å². The van der Waals surface area contributed by atoms with Crippen molar-refractivity contribution in [3.05, 3.63) is 40.1 Å². The second-order valence-electron chi connectivity index (χ2n) is 4.45. The number of nitrogens with one attached hydrogen (secondary N) is 1. The Kier molecular flexibility index (Phi) is 3.64. The van der Waals surface area contributed by atoms with Crippen molar-refractivity contribution in [2.45, 2.75) is 32.9 Å². The van der Waals surface area contributed by atoms with Crippen LogP contribution in [0.1, 0.15) is 41.5 Å². The quantitative estimate of drug-likeness (QED) is 0.901. The van der Waals surface area contributed by atoms with Crippen LogP contribution in [0.15, 0.2) is 24.5 Å². The van der Waals surface area contributed by atoms with Crippen LogP contribution in [0.3, 0.4) is 0 Å². The van der Waals surface area contributed by atoms with Crippen LogP contribution in [0.2, 0.25) is 0 Å². The fourth-order valence-electron chi connectivity index (χ4n) is 2.01. The lowest BCUT2D eigenvalue weighted by molar-refractivity contribution is 0.471. The van der Waals surface area contributed by atoms with Crippen molar-refractivity contribution in [1.82, 2.24) is 14.9 Å². The van der Waals surface area contributed by atoms with Gasteiger partial charge >= 0.3 is 0 Å². The second-order valence-corrected chi connectivity index (χ2v) is 5.77. The lowest BCUT2D eigenvalue weighted by atomic mass is 10.2. The summed E-state index contributed by atoms with van der Waals surface area (Å²) >= 11 is 1.85. The molecule has 2 unspecified atom stereocenters. The summed E-state index contributed by atoms with van der Waals surface area (Å²) in [4.78, 5) is 7.11. The normalized spacial score (nSPS) is 14.8. The van der Waals surface area contributed by atoms with Gasteiger partial charge in [-0.1, -0.05) is 0 Å². The second kappa shape index (κ2) is 5.02. The number of nitrogens with zero attached hydrogens (tertiary/aromatic N) is 2. The van der Waals surface area contributed by atoms with Gasteiger partial charge in [0.05, 0.1) is 6.04 Å². The molecule has 2 atom stereocenters. The Hall–Kier alpha value is -1.13. The standard InChI is InChI=1S/C13H19N3S/c1-9-5-6-12(17-9)10(2)15-11(3)13-14-7-8-16(13)4/h5-8,10-11,15H,1-4H3. The molecule has 92 valence electrons. The fourth-order valence-corrected chi connectivity index (χ4v) is 2.90. The molecule has 0 saturated carbocycles. The smallest absolute Gasteiger partial charge is 0.125 e. The summed E-state index contributed by atoms with van der Waals surface area (Å²) < 4.78 is 2.06. The van der Waals surface area contributed by atoms with Gasteiger partial charge in [-0.3, -0.25) is 0 Å². The van der Waals surface area contributed by atoms with Gasteiger partial charge in [-0.2, -0.15) is 0 Å². The van der Waals surface area contributed by atoms with Crippen molar-refractivity contribution >= 4 is 11.3 Å². The molecule has 0 fully saturated rings. The van der Waals surface area contributed by atoms with E-state index < -0.39 is 0 Å². The van der Waals surface area contributed by atoms with Crippen LogP contribution >= 0.6 is 11.3 Å². The van der Waals surface area contributed by atoms with Crippen molar-refractivity contribution < 1.29 is 0 Å². The molecule has 0 aliphatic carbocycles. The lowest BCUT2D eigenvalue weighted by Crippen LogP contribution is -2.24. The number of hydrogen-bond donors (Lipinski definition) is 1. The summed E-state index contributed by atoms with van der Waals surface area (Å²) in [6.07, 6.45) is 3.82. The molecule has 2 aromatic heterocycles. The maximum absolute atomic E-state index is 4.37. The Bertz CT molecular complexity index is 486. The highest BCUT2D eigenvalue weighted by Crippen LogP contribution is 2.24. The molecule has 0 amide bonds. The maximum Gasteiger partial charge on any atom is 0.125 e. The van der Waals surface area contributed by atoms with Crippen LogP contribution in [0, 0.1) is 6.92 Å². The van der Waals surface area contributed by atoms with Crippen LogP contribution < -0.4 is 5.32 Å². The van der Waals surface area contributed by atoms with Crippen LogP contribution in [-0.2, 0) is 7.05 Å². The molecular formula is C13H19N3S. The maximum atomic E-state index is 4.37. The van der Waals surface area contributed by atoms with E-state index in [1.165, 1.54) is 9.75 Å². The molecular weight excluding hydrogens is 230 g/mol. The average molecular weight is 249 g/mol. The predicted octanol–water partition coefficient (Wildman–Crippen LogP) is 3.20. The first-order valence-corrected chi connectivity index (χ1v) is 6.69. The number of aromatic nitrogens is 2. The molecule has 3 nitrogen and oxygen atoms in total. The van der Waals surface area contributed by atoms with E-state index in [9.17, 15) is 0 Å². The van der Waals surface area contributed by atoms with Gasteiger partial charge in [0.25, 0.3) is 0 Å². The van der Waals surface area contributed by atoms with Crippen LogP contribution in [0.4, 0.5) is 0 Å². The first-order valence-electron chi connectivity index (χ1n) is 5.87. The third-order valence-electron chi connectivity index (χ3n) is 2.93. The van der Waals surface area contributed by atoms with Gasteiger partial charge < -0.3 is 9.88 Å². The number of thiophene rings is 1. The van der Waals surface area contributed by atoms with Gasteiger partial charge in [-0.05, 0) is 32.9 Å². The topological polar surface area (TPSA) is 29.9 Å². The van der Waals surface area contributed by atoms with Crippen LogP contribution in [0.25, 0.3) is 0 Å². The Balaban J connectivity index is 2.04. The summed E-state index contributed by atoms with van der Waals surface area (Å²) in [7, 11) is 2.03. The minimum Gasteiger partial charge on any atom is -0.337 e. The molecule has 0 radical (unpaired) electrons. The number of aryl methyl sites for hydroxylation is 2. The van der Waals surface area contributed by atoms with Gasteiger partial charge in [0.2, 0.25) is 0 Å². The van der Waals surface area contributed by atoms with E-state index in [0.717, 1.165) is 5.82 Å². The summed E-state index contributed by atoms with van der Waals surface area (Å²) in [5.74, 6) is 1.07. The highest BCUT2D eigenvalue weighted by Gasteiger charge is 2.15. The van der Waals surface area contributed by atoms with E-state index in [-0.39, 0.29) is 6.04 Å². The molecule has 0 aliphatic rings. The third-order valence-corrected chi connectivity index (χ3v) is 4.12. The summed E-state index contributed by atoms with van der Waals surface area (Å²) in [5.41, 5.74) is 0. The molecule has 0 aromatic carbocycles. The molecule has 2 heterocycles. The zero-order valence-corrected chi connectivity index (χ0v) is 11.6. The van der Waals surface area contributed by atoms with Gasteiger partial charge in [0.15, 0.2) is 0 Å². The highest BCUT2D eigenvalue weighted by molar-refractivity contribution is 7.12.